The lowest BCUT2D eigenvalue weighted by atomic mass is 10.0. The Morgan fingerprint density at radius 1 is 1.00 bits per heavy atom. The van der Waals surface area contributed by atoms with Crippen molar-refractivity contribution in [2.75, 3.05) is 5.32 Å². The second kappa shape index (κ2) is 9.06. The second-order valence-corrected chi connectivity index (χ2v) is 8.53. The largest absolute Gasteiger partial charge is 0.326 e. The van der Waals surface area contributed by atoms with E-state index in [-0.39, 0.29) is 17.9 Å². The lowest BCUT2D eigenvalue weighted by Gasteiger charge is -2.14. The highest BCUT2D eigenvalue weighted by Crippen LogP contribution is 2.26. The summed E-state index contributed by atoms with van der Waals surface area (Å²) in [4.78, 5) is 26.1. The van der Waals surface area contributed by atoms with Crippen LogP contribution in [0.1, 0.15) is 41.3 Å². The third-order valence-corrected chi connectivity index (χ3v) is 6.33. The van der Waals surface area contributed by atoms with Gasteiger partial charge in [-0.25, -0.2) is 4.68 Å². The van der Waals surface area contributed by atoms with Crippen molar-refractivity contribution >= 4 is 22.6 Å². The third-order valence-electron chi connectivity index (χ3n) is 6.33. The molecular formula is C27H30N4O2. The Morgan fingerprint density at radius 3 is 2.39 bits per heavy atom. The minimum absolute atomic E-state index is 0.0569. The Balaban J connectivity index is 1.69. The summed E-state index contributed by atoms with van der Waals surface area (Å²) >= 11 is 0. The molecule has 6 nitrogen and oxygen atoms in total. The number of benzene rings is 2. The predicted molar refractivity (Wildman–Crippen MR) is 133 cm³/mol. The van der Waals surface area contributed by atoms with Crippen molar-refractivity contribution in [2.24, 2.45) is 0 Å². The number of aromatic nitrogens is 3. The summed E-state index contributed by atoms with van der Waals surface area (Å²) < 4.78 is 3.62. The summed E-state index contributed by atoms with van der Waals surface area (Å²) in [5.74, 6) is -0.100. The van der Waals surface area contributed by atoms with Crippen LogP contribution in [-0.2, 0) is 17.8 Å². The zero-order chi connectivity index (χ0) is 23.7. The molecule has 0 aliphatic heterocycles. The molecule has 0 fully saturated rings. The molecular weight excluding hydrogens is 412 g/mol. The Labute approximate surface area is 193 Å². The van der Waals surface area contributed by atoms with Crippen LogP contribution in [0.4, 0.5) is 5.69 Å². The second-order valence-electron chi connectivity index (χ2n) is 8.53. The maximum Gasteiger partial charge on any atom is 0.255 e. The number of hydrogen-bond acceptors (Lipinski definition) is 3. The van der Waals surface area contributed by atoms with Gasteiger partial charge in [0.05, 0.1) is 11.4 Å². The van der Waals surface area contributed by atoms with Crippen LogP contribution in [0.25, 0.3) is 16.7 Å². The van der Waals surface area contributed by atoms with E-state index in [2.05, 4.69) is 5.32 Å². The molecule has 2 aromatic heterocycles. The molecule has 0 bridgehead atoms. The molecule has 0 aliphatic rings. The fourth-order valence-corrected chi connectivity index (χ4v) is 4.39. The van der Waals surface area contributed by atoms with Crippen molar-refractivity contribution < 1.29 is 4.79 Å². The summed E-state index contributed by atoms with van der Waals surface area (Å²) in [5.41, 5.74) is 7.20. The normalized spacial score (nSPS) is 11.2. The molecule has 0 saturated heterocycles. The average Bonchev–Trinajstić information content (AvgIpc) is 3.14. The van der Waals surface area contributed by atoms with Gasteiger partial charge in [0.1, 0.15) is 5.65 Å². The van der Waals surface area contributed by atoms with E-state index in [0.717, 1.165) is 39.2 Å². The number of carbonyl (C=O) groups excluding carboxylic acids is 1. The van der Waals surface area contributed by atoms with E-state index < -0.39 is 0 Å². The molecule has 0 unspecified atom stereocenters. The molecule has 0 atom stereocenters. The maximum absolute atomic E-state index is 13.5. The van der Waals surface area contributed by atoms with Gasteiger partial charge >= 0.3 is 0 Å². The lowest BCUT2D eigenvalue weighted by molar-refractivity contribution is -0.116. The zero-order valence-corrected chi connectivity index (χ0v) is 19.9. The highest BCUT2D eigenvalue weighted by atomic mass is 16.1. The fraction of sp³-hybridized carbons (Fsp3) is 0.296. The number of nitrogens with zero attached hydrogens (tertiary/aromatic N) is 3. The van der Waals surface area contributed by atoms with Gasteiger partial charge in [-0.2, -0.15) is 5.10 Å². The van der Waals surface area contributed by atoms with Crippen LogP contribution in [0.3, 0.4) is 0 Å². The Morgan fingerprint density at radius 2 is 1.73 bits per heavy atom. The van der Waals surface area contributed by atoms with Crippen LogP contribution in [0, 0.1) is 27.7 Å². The van der Waals surface area contributed by atoms with Gasteiger partial charge in [0, 0.05) is 29.6 Å². The topological polar surface area (TPSA) is 68.9 Å². The van der Waals surface area contributed by atoms with Gasteiger partial charge in [0.15, 0.2) is 0 Å². The monoisotopic (exact) mass is 442 g/mol. The Hall–Kier alpha value is -3.67. The number of nitrogens with one attached hydrogen (secondary N) is 1. The number of pyridine rings is 1. The first kappa shape index (κ1) is 22.5. The molecule has 4 aromatic rings. The highest BCUT2D eigenvalue weighted by Gasteiger charge is 2.21. The van der Waals surface area contributed by atoms with E-state index in [1.54, 1.807) is 4.57 Å². The van der Waals surface area contributed by atoms with Crippen LogP contribution < -0.4 is 10.9 Å². The summed E-state index contributed by atoms with van der Waals surface area (Å²) in [5, 5.41) is 8.69. The zero-order valence-electron chi connectivity index (χ0n) is 19.9. The van der Waals surface area contributed by atoms with Crippen LogP contribution in [0.15, 0.2) is 53.3 Å². The van der Waals surface area contributed by atoms with Gasteiger partial charge in [0.2, 0.25) is 5.91 Å². The number of para-hydroxylation sites is 1. The van der Waals surface area contributed by atoms with Gasteiger partial charge in [-0.3, -0.25) is 14.2 Å². The summed E-state index contributed by atoms with van der Waals surface area (Å²) in [7, 11) is 0. The van der Waals surface area contributed by atoms with Gasteiger partial charge in [-0.1, -0.05) is 24.3 Å². The standard InChI is InChI=1S/C27H30N4O2/c1-6-30-26-25(20(5)29-31(26)22-10-8-7-9-11-22)19(4)23(27(30)33)14-15-24(32)28-21-13-12-17(2)18(3)16-21/h7-13,16H,6,14-15H2,1-5H3,(H,28,32). The van der Waals surface area contributed by atoms with Crippen molar-refractivity contribution in [3.05, 3.63) is 86.8 Å². The molecule has 1 N–H and O–H groups in total. The van der Waals surface area contributed by atoms with Crippen molar-refractivity contribution in [2.45, 2.75) is 54.0 Å². The van der Waals surface area contributed by atoms with Crippen LogP contribution in [0.5, 0.6) is 0 Å². The molecule has 0 spiro atoms. The summed E-state index contributed by atoms with van der Waals surface area (Å²) in [6, 6.07) is 15.7. The number of aryl methyl sites for hydroxylation is 5. The molecule has 0 saturated carbocycles. The van der Waals surface area contributed by atoms with E-state index in [9.17, 15) is 9.59 Å². The van der Waals surface area contributed by atoms with Gasteiger partial charge < -0.3 is 5.32 Å². The van der Waals surface area contributed by atoms with Crippen molar-refractivity contribution in [3.63, 3.8) is 0 Å². The average molecular weight is 443 g/mol. The first-order valence-corrected chi connectivity index (χ1v) is 11.4. The molecule has 0 radical (unpaired) electrons. The molecule has 1 amide bonds. The predicted octanol–water partition coefficient (Wildman–Crippen LogP) is 5.01. The lowest BCUT2D eigenvalue weighted by Crippen LogP contribution is -2.27. The minimum atomic E-state index is -0.100. The minimum Gasteiger partial charge on any atom is -0.326 e. The summed E-state index contributed by atoms with van der Waals surface area (Å²) in [6.07, 6.45) is 0.622. The third kappa shape index (κ3) is 4.21. The molecule has 2 heterocycles. The first-order chi connectivity index (χ1) is 15.8. The fourth-order valence-electron chi connectivity index (χ4n) is 4.39. The number of hydrogen-bond donors (Lipinski definition) is 1. The van der Waals surface area contributed by atoms with E-state index in [1.165, 1.54) is 5.56 Å². The van der Waals surface area contributed by atoms with Crippen LogP contribution >= 0.6 is 0 Å². The van der Waals surface area contributed by atoms with E-state index in [0.29, 0.717) is 18.5 Å². The molecule has 4 rings (SSSR count). The number of carbonyl (C=O) groups is 1. The van der Waals surface area contributed by atoms with Crippen molar-refractivity contribution in [1.82, 2.24) is 14.3 Å². The highest BCUT2D eigenvalue weighted by molar-refractivity contribution is 5.91. The van der Waals surface area contributed by atoms with Crippen molar-refractivity contribution in [1.29, 1.82) is 0 Å². The number of anilines is 1. The first-order valence-electron chi connectivity index (χ1n) is 11.4. The Kier molecular flexibility index (Phi) is 6.18. The van der Waals surface area contributed by atoms with Gasteiger partial charge in [-0.15, -0.1) is 0 Å². The number of amides is 1. The molecule has 0 aliphatic carbocycles. The smallest absolute Gasteiger partial charge is 0.255 e. The molecule has 33 heavy (non-hydrogen) atoms. The maximum atomic E-state index is 13.5. The van der Waals surface area contributed by atoms with Gasteiger partial charge in [0.25, 0.3) is 5.56 Å². The van der Waals surface area contributed by atoms with E-state index in [1.807, 2.05) is 87.8 Å². The molecule has 170 valence electrons. The molecule has 6 heteroatoms. The van der Waals surface area contributed by atoms with Gasteiger partial charge in [-0.05, 0) is 82.0 Å². The summed E-state index contributed by atoms with van der Waals surface area (Å²) in [6.45, 7) is 10.5. The van der Waals surface area contributed by atoms with Crippen LogP contribution in [-0.4, -0.2) is 20.3 Å². The SMILES string of the molecule is CCn1c(=O)c(CCC(=O)Nc2ccc(C)c(C)c2)c(C)c2c(C)nn(-c3ccccc3)c21. The van der Waals surface area contributed by atoms with Crippen molar-refractivity contribution in [3.8, 4) is 5.69 Å². The number of fused-ring (bicyclic) bond motifs is 1. The van der Waals surface area contributed by atoms with E-state index in [4.69, 9.17) is 5.10 Å². The number of rotatable bonds is 6. The van der Waals surface area contributed by atoms with Crippen LogP contribution in [0.2, 0.25) is 0 Å². The molecule has 2 aromatic carbocycles. The Bertz CT molecular complexity index is 1400. The van der Waals surface area contributed by atoms with E-state index >= 15 is 0 Å². The quantitative estimate of drug-likeness (QED) is 0.456.